The van der Waals surface area contributed by atoms with E-state index in [4.69, 9.17) is 9.84 Å². The van der Waals surface area contributed by atoms with E-state index in [-0.39, 0.29) is 11.3 Å². The first-order valence-electron chi connectivity index (χ1n) is 5.28. The Bertz CT molecular complexity index is 417. The summed E-state index contributed by atoms with van der Waals surface area (Å²) in [5, 5.41) is 27.8. The van der Waals surface area contributed by atoms with Crippen molar-refractivity contribution in [1.82, 2.24) is 0 Å². The lowest BCUT2D eigenvalue weighted by Crippen LogP contribution is -2.22. The number of rotatable bonds is 5. The summed E-state index contributed by atoms with van der Waals surface area (Å²) < 4.78 is 9.59. The van der Waals surface area contributed by atoms with E-state index < -0.39 is 24.8 Å². The summed E-state index contributed by atoms with van der Waals surface area (Å²) in [6.07, 6.45) is -2.55. The molecule has 0 aliphatic carbocycles. The Morgan fingerprint density at radius 1 is 1.33 bits per heavy atom. The topological polar surface area (TPSA) is 96.2 Å². The van der Waals surface area contributed by atoms with Gasteiger partial charge in [-0.3, -0.25) is 0 Å². The number of carbonyl (C=O) groups excluding carboxylic acids is 1. The molecule has 1 aromatic carbocycles. The minimum Gasteiger partial charge on any atom is -0.496 e. The maximum absolute atomic E-state index is 11.4. The van der Waals surface area contributed by atoms with Crippen LogP contribution in [-0.2, 0) is 4.74 Å². The van der Waals surface area contributed by atoms with E-state index in [1.54, 1.807) is 0 Å². The van der Waals surface area contributed by atoms with E-state index in [1.165, 1.54) is 32.4 Å². The molecule has 0 bridgehead atoms. The molecule has 0 fully saturated rings. The summed E-state index contributed by atoms with van der Waals surface area (Å²) in [7, 11) is 2.63. The van der Waals surface area contributed by atoms with Gasteiger partial charge in [0.15, 0.2) is 0 Å². The van der Waals surface area contributed by atoms with Gasteiger partial charge in [-0.1, -0.05) is 6.07 Å². The first-order chi connectivity index (χ1) is 8.54. The third kappa shape index (κ3) is 2.98. The second-order valence-corrected chi connectivity index (χ2v) is 3.65. The van der Waals surface area contributed by atoms with Gasteiger partial charge in [-0.05, 0) is 17.7 Å². The lowest BCUT2D eigenvalue weighted by Gasteiger charge is -2.17. The average molecular weight is 256 g/mol. The lowest BCUT2D eigenvalue weighted by molar-refractivity contribution is -0.0153. The molecule has 2 unspecified atom stereocenters. The molecule has 1 aromatic rings. The number of esters is 1. The van der Waals surface area contributed by atoms with E-state index in [2.05, 4.69) is 4.74 Å². The van der Waals surface area contributed by atoms with Crippen molar-refractivity contribution in [1.29, 1.82) is 0 Å². The minimum atomic E-state index is -1.29. The van der Waals surface area contributed by atoms with Crippen LogP contribution in [0.3, 0.4) is 0 Å². The molecule has 100 valence electrons. The Morgan fingerprint density at radius 2 is 2.00 bits per heavy atom. The highest BCUT2D eigenvalue weighted by atomic mass is 16.5. The summed E-state index contributed by atoms with van der Waals surface area (Å²) in [6, 6.07) is 4.29. The highest BCUT2D eigenvalue weighted by Gasteiger charge is 2.20. The Hall–Kier alpha value is -1.63. The maximum Gasteiger partial charge on any atom is 0.341 e. The van der Waals surface area contributed by atoms with Gasteiger partial charge in [0.1, 0.15) is 23.5 Å². The van der Waals surface area contributed by atoms with Gasteiger partial charge < -0.3 is 24.8 Å². The second kappa shape index (κ2) is 6.34. The van der Waals surface area contributed by atoms with Crippen LogP contribution in [0.1, 0.15) is 22.0 Å². The van der Waals surface area contributed by atoms with E-state index in [9.17, 15) is 15.0 Å². The van der Waals surface area contributed by atoms with Crippen molar-refractivity contribution in [3.8, 4) is 5.75 Å². The van der Waals surface area contributed by atoms with E-state index in [1.807, 2.05) is 0 Å². The van der Waals surface area contributed by atoms with Gasteiger partial charge in [-0.25, -0.2) is 4.79 Å². The summed E-state index contributed by atoms with van der Waals surface area (Å²) in [5.74, 6) is -0.334. The molecule has 6 heteroatoms. The Kier molecular flexibility index (Phi) is 5.08. The molecular formula is C12H16O6. The molecule has 0 amide bonds. The number of ether oxygens (including phenoxy) is 2. The maximum atomic E-state index is 11.4. The molecule has 0 aromatic heterocycles. The molecule has 0 saturated heterocycles. The van der Waals surface area contributed by atoms with Crippen LogP contribution >= 0.6 is 0 Å². The van der Waals surface area contributed by atoms with Crippen molar-refractivity contribution in [3.05, 3.63) is 29.3 Å². The number of hydrogen-bond acceptors (Lipinski definition) is 6. The second-order valence-electron chi connectivity index (χ2n) is 3.65. The van der Waals surface area contributed by atoms with Gasteiger partial charge >= 0.3 is 5.97 Å². The molecule has 2 atom stereocenters. The number of methoxy groups -OCH3 is 2. The van der Waals surface area contributed by atoms with E-state index in [0.717, 1.165) is 0 Å². The van der Waals surface area contributed by atoms with Crippen LogP contribution in [0, 0.1) is 0 Å². The largest absolute Gasteiger partial charge is 0.496 e. The third-order valence-corrected chi connectivity index (χ3v) is 2.52. The van der Waals surface area contributed by atoms with Crippen molar-refractivity contribution in [3.63, 3.8) is 0 Å². The van der Waals surface area contributed by atoms with Gasteiger partial charge in [-0.15, -0.1) is 0 Å². The molecule has 1 rings (SSSR count). The molecule has 6 nitrogen and oxygen atoms in total. The van der Waals surface area contributed by atoms with Crippen LogP contribution in [0.25, 0.3) is 0 Å². The predicted molar refractivity (Wildman–Crippen MR) is 62.4 cm³/mol. The zero-order valence-electron chi connectivity index (χ0n) is 10.2. The predicted octanol–water partition coefficient (Wildman–Crippen LogP) is -0.132. The first kappa shape index (κ1) is 14.4. The van der Waals surface area contributed by atoms with Crippen LogP contribution in [-0.4, -0.2) is 48.2 Å². The minimum absolute atomic E-state index is 0.217. The molecule has 0 aliphatic rings. The van der Waals surface area contributed by atoms with Gasteiger partial charge in [0.05, 0.1) is 20.8 Å². The van der Waals surface area contributed by atoms with Crippen LogP contribution in [0.15, 0.2) is 18.2 Å². The smallest absolute Gasteiger partial charge is 0.341 e. The lowest BCUT2D eigenvalue weighted by atomic mass is 10.0. The summed E-state index contributed by atoms with van der Waals surface area (Å²) in [6.45, 7) is -0.567. The summed E-state index contributed by atoms with van der Waals surface area (Å²) in [5.41, 5.74) is 0.551. The molecular weight excluding hydrogens is 240 g/mol. The van der Waals surface area contributed by atoms with Gasteiger partial charge in [0, 0.05) is 0 Å². The Morgan fingerprint density at radius 3 is 2.50 bits per heavy atom. The van der Waals surface area contributed by atoms with Gasteiger partial charge in [0.25, 0.3) is 0 Å². The third-order valence-electron chi connectivity index (χ3n) is 2.52. The fraction of sp³-hybridized carbons (Fsp3) is 0.417. The fourth-order valence-electron chi connectivity index (χ4n) is 1.49. The standard InChI is InChI=1S/C12H16O6/c1-17-10-5-7(11(15)9(14)6-13)3-4-8(10)12(16)18-2/h3-5,9,11,13-15H,6H2,1-2H3. The van der Waals surface area contributed by atoms with Gasteiger partial charge in [0.2, 0.25) is 0 Å². The number of benzene rings is 1. The molecule has 0 aliphatic heterocycles. The molecule has 0 heterocycles. The number of carbonyl (C=O) groups is 1. The van der Waals surface area contributed by atoms with Crippen LogP contribution < -0.4 is 4.74 Å². The zero-order valence-corrected chi connectivity index (χ0v) is 10.2. The van der Waals surface area contributed by atoms with Crippen molar-refractivity contribution in [2.75, 3.05) is 20.8 Å². The SMILES string of the molecule is COC(=O)c1ccc(C(O)C(O)CO)cc1OC. The molecule has 0 radical (unpaired) electrons. The average Bonchev–Trinajstić information content (AvgIpc) is 2.43. The van der Waals surface area contributed by atoms with Gasteiger partial charge in [-0.2, -0.15) is 0 Å². The number of aliphatic hydroxyl groups is 3. The zero-order chi connectivity index (χ0) is 13.7. The molecule has 0 spiro atoms. The van der Waals surface area contributed by atoms with E-state index >= 15 is 0 Å². The fourth-order valence-corrected chi connectivity index (χ4v) is 1.49. The molecule has 3 N–H and O–H groups in total. The van der Waals surface area contributed by atoms with Crippen molar-refractivity contribution >= 4 is 5.97 Å². The van der Waals surface area contributed by atoms with Crippen LogP contribution in [0.5, 0.6) is 5.75 Å². The summed E-state index contributed by atoms with van der Waals surface area (Å²) >= 11 is 0. The highest BCUT2D eigenvalue weighted by Crippen LogP contribution is 2.26. The quantitative estimate of drug-likeness (QED) is 0.635. The van der Waals surface area contributed by atoms with Crippen molar-refractivity contribution < 1.29 is 29.6 Å². The van der Waals surface area contributed by atoms with Crippen LogP contribution in [0.4, 0.5) is 0 Å². The van der Waals surface area contributed by atoms with Crippen molar-refractivity contribution in [2.45, 2.75) is 12.2 Å². The Labute approximate surface area is 104 Å². The van der Waals surface area contributed by atoms with Crippen molar-refractivity contribution in [2.24, 2.45) is 0 Å². The number of hydrogen-bond donors (Lipinski definition) is 3. The Balaban J connectivity index is 3.09. The van der Waals surface area contributed by atoms with Crippen LogP contribution in [0.2, 0.25) is 0 Å². The number of aliphatic hydroxyl groups excluding tert-OH is 3. The normalized spacial score (nSPS) is 13.8. The van der Waals surface area contributed by atoms with E-state index in [0.29, 0.717) is 5.56 Å². The first-order valence-corrected chi connectivity index (χ1v) is 5.28. The highest BCUT2D eigenvalue weighted by molar-refractivity contribution is 5.92. The monoisotopic (exact) mass is 256 g/mol. The summed E-state index contributed by atoms with van der Waals surface area (Å²) in [4.78, 5) is 11.4. The molecule has 18 heavy (non-hydrogen) atoms. The molecule has 0 saturated carbocycles.